The molecule has 0 atom stereocenters. The summed E-state index contributed by atoms with van der Waals surface area (Å²) in [6.07, 6.45) is 3.11. The summed E-state index contributed by atoms with van der Waals surface area (Å²) in [5.74, 6) is 2.59. The number of unbranched alkanes of at least 4 members (excludes halogenated alkanes) is 1. The predicted molar refractivity (Wildman–Crippen MR) is 86.1 cm³/mol. The van der Waals surface area contributed by atoms with Crippen molar-refractivity contribution < 1.29 is 9.47 Å². The predicted octanol–water partition coefficient (Wildman–Crippen LogP) is 3.62. The van der Waals surface area contributed by atoms with Gasteiger partial charge >= 0.3 is 0 Å². The van der Waals surface area contributed by atoms with Crippen LogP contribution < -0.4 is 10.1 Å². The van der Waals surface area contributed by atoms with Gasteiger partial charge in [-0.25, -0.2) is 4.98 Å². The molecular formula is C16H29N3O2. The van der Waals surface area contributed by atoms with Crippen LogP contribution in [0.25, 0.3) is 0 Å². The Morgan fingerprint density at radius 2 is 1.95 bits per heavy atom. The zero-order valence-electron chi connectivity index (χ0n) is 13.8. The average molecular weight is 295 g/mol. The first-order chi connectivity index (χ1) is 10.2. The van der Waals surface area contributed by atoms with Gasteiger partial charge in [-0.05, 0) is 19.8 Å². The molecule has 1 aromatic heterocycles. The van der Waals surface area contributed by atoms with E-state index in [2.05, 4.69) is 36.1 Å². The minimum absolute atomic E-state index is 0.281. The molecule has 120 valence electrons. The van der Waals surface area contributed by atoms with Gasteiger partial charge in [-0.3, -0.25) is 0 Å². The average Bonchev–Trinajstić information content (AvgIpc) is 2.47. The molecule has 21 heavy (non-hydrogen) atoms. The quantitative estimate of drug-likeness (QED) is 0.632. The summed E-state index contributed by atoms with van der Waals surface area (Å²) >= 11 is 0. The molecule has 0 saturated heterocycles. The van der Waals surface area contributed by atoms with Crippen LogP contribution in [0.3, 0.4) is 0 Å². The third kappa shape index (κ3) is 7.27. The van der Waals surface area contributed by atoms with Crippen LogP contribution in [-0.4, -0.2) is 36.3 Å². The Morgan fingerprint density at radius 1 is 1.14 bits per heavy atom. The Hall–Kier alpha value is -1.36. The van der Waals surface area contributed by atoms with E-state index in [9.17, 15) is 0 Å². The Kier molecular flexibility index (Phi) is 8.74. The van der Waals surface area contributed by atoms with Crippen molar-refractivity contribution >= 4 is 5.82 Å². The monoisotopic (exact) mass is 295 g/mol. The topological polar surface area (TPSA) is 56.3 Å². The van der Waals surface area contributed by atoms with E-state index in [4.69, 9.17) is 9.47 Å². The molecule has 0 aliphatic carbocycles. The molecule has 1 rings (SSSR count). The highest BCUT2D eigenvalue weighted by Gasteiger charge is 2.08. The Labute approximate surface area is 128 Å². The molecule has 1 heterocycles. The first-order valence-electron chi connectivity index (χ1n) is 8.00. The van der Waals surface area contributed by atoms with Crippen molar-refractivity contribution in [2.24, 2.45) is 0 Å². The van der Waals surface area contributed by atoms with Crippen molar-refractivity contribution in [3.8, 4) is 5.88 Å². The molecule has 0 spiro atoms. The van der Waals surface area contributed by atoms with Crippen molar-refractivity contribution in [2.75, 3.05) is 31.7 Å². The van der Waals surface area contributed by atoms with Crippen LogP contribution in [0, 0.1) is 0 Å². The second-order valence-electron chi connectivity index (χ2n) is 5.28. The molecule has 0 aliphatic heterocycles. The first kappa shape index (κ1) is 17.7. The second-order valence-corrected chi connectivity index (χ2v) is 5.28. The van der Waals surface area contributed by atoms with Crippen LogP contribution in [0.4, 0.5) is 5.82 Å². The van der Waals surface area contributed by atoms with Gasteiger partial charge in [0.05, 0.1) is 6.61 Å². The summed E-state index contributed by atoms with van der Waals surface area (Å²) < 4.78 is 11.0. The second kappa shape index (κ2) is 10.4. The summed E-state index contributed by atoms with van der Waals surface area (Å²) in [6, 6.07) is 1.88. The number of ether oxygens (including phenoxy) is 2. The van der Waals surface area contributed by atoms with Gasteiger partial charge in [-0.1, -0.05) is 27.2 Å². The minimum Gasteiger partial charge on any atom is -0.478 e. The van der Waals surface area contributed by atoms with Gasteiger partial charge in [0.15, 0.2) is 0 Å². The molecule has 0 aromatic carbocycles. The van der Waals surface area contributed by atoms with Crippen molar-refractivity contribution in [3.63, 3.8) is 0 Å². The third-order valence-electron chi connectivity index (χ3n) is 2.96. The molecule has 0 amide bonds. The summed E-state index contributed by atoms with van der Waals surface area (Å²) in [7, 11) is 0. The number of hydrogen-bond acceptors (Lipinski definition) is 5. The Morgan fingerprint density at radius 3 is 2.62 bits per heavy atom. The lowest BCUT2D eigenvalue weighted by Gasteiger charge is -2.12. The van der Waals surface area contributed by atoms with Gasteiger partial charge in [0.2, 0.25) is 5.88 Å². The summed E-state index contributed by atoms with van der Waals surface area (Å²) in [5.41, 5.74) is 0. The maximum atomic E-state index is 5.71. The summed E-state index contributed by atoms with van der Waals surface area (Å²) in [6.45, 7) is 11.4. The number of anilines is 1. The molecule has 0 saturated carbocycles. The maximum Gasteiger partial charge on any atom is 0.218 e. The van der Waals surface area contributed by atoms with Gasteiger partial charge in [-0.15, -0.1) is 0 Å². The fourth-order valence-corrected chi connectivity index (χ4v) is 1.72. The first-order valence-corrected chi connectivity index (χ1v) is 8.00. The van der Waals surface area contributed by atoms with E-state index in [1.165, 1.54) is 0 Å². The van der Waals surface area contributed by atoms with E-state index in [1.54, 1.807) is 0 Å². The van der Waals surface area contributed by atoms with Gasteiger partial charge in [0, 0.05) is 31.7 Å². The minimum atomic E-state index is 0.281. The van der Waals surface area contributed by atoms with Crippen molar-refractivity contribution in [2.45, 2.75) is 52.9 Å². The van der Waals surface area contributed by atoms with Crippen LogP contribution in [0.1, 0.15) is 58.7 Å². The molecule has 0 unspecified atom stereocenters. The van der Waals surface area contributed by atoms with Crippen LogP contribution in [0.5, 0.6) is 5.88 Å². The van der Waals surface area contributed by atoms with E-state index in [1.807, 2.05) is 13.0 Å². The standard InChI is InChI=1S/C16H29N3O2/c1-5-7-11-21-15-12-14(17-9-8-10-20-6-2)18-16(19-15)13(3)4/h12-13H,5-11H2,1-4H3,(H,17,18,19). The fraction of sp³-hybridized carbons (Fsp3) is 0.750. The van der Waals surface area contributed by atoms with Gasteiger partial charge in [0.25, 0.3) is 0 Å². The van der Waals surface area contributed by atoms with Crippen LogP contribution in [0.2, 0.25) is 0 Å². The molecule has 0 bridgehead atoms. The maximum absolute atomic E-state index is 5.71. The number of nitrogens with one attached hydrogen (secondary N) is 1. The molecule has 0 aliphatic rings. The van der Waals surface area contributed by atoms with Gasteiger partial charge in [0.1, 0.15) is 11.6 Å². The number of aromatic nitrogens is 2. The lowest BCUT2D eigenvalue weighted by atomic mass is 10.2. The smallest absolute Gasteiger partial charge is 0.218 e. The fourth-order valence-electron chi connectivity index (χ4n) is 1.72. The molecule has 5 heteroatoms. The Bertz CT molecular complexity index is 397. The van der Waals surface area contributed by atoms with E-state index in [0.29, 0.717) is 12.5 Å². The number of hydrogen-bond donors (Lipinski definition) is 1. The van der Waals surface area contributed by atoms with Crippen LogP contribution in [-0.2, 0) is 4.74 Å². The highest BCUT2D eigenvalue weighted by molar-refractivity contribution is 5.38. The summed E-state index contributed by atoms with van der Waals surface area (Å²) in [5, 5.41) is 3.32. The number of rotatable bonds is 11. The van der Waals surface area contributed by atoms with Crippen molar-refractivity contribution in [1.82, 2.24) is 9.97 Å². The van der Waals surface area contributed by atoms with Crippen LogP contribution in [0.15, 0.2) is 6.07 Å². The zero-order chi connectivity index (χ0) is 15.5. The molecule has 0 fully saturated rings. The summed E-state index contributed by atoms with van der Waals surface area (Å²) in [4.78, 5) is 9.00. The zero-order valence-corrected chi connectivity index (χ0v) is 13.8. The highest BCUT2D eigenvalue weighted by Crippen LogP contribution is 2.18. The highest BCUT2D eigenvalue weighted by atomic mass is 16.5. The Balaban J connectivity index is 2.59. The van der Waals surface area contributed by atoms with Gasteiger partial charge < -0.3 is 14.8 Å². The third-order valence-corrected chi connectivity index (χ3v) is 2.96. The van der Waals surface area contributed by atoms with Gasteiger partial charge in [-0.2, -0.15) is 4.98 Å². The van der Waals surface area contributed by atoms with Crippen molar-refractivity contribution in [3.05, 3.63) is 11.9 Å². The lowest BCUT2D eigenvalue weighted by Crippen LogP contribution is -2.10. The molecule has 5 nitrogen and oxygen atoms in total. The molecule has 1 N–H and O–H groups in total. The van der Waals surface area contributed by atoms with Crippen LogP contribution >= 0.6 is 0 Å². The molecular weight excluding hydrogens is 266 g/mol. The molecule has 0 radical (unpaired) electrons. The van der Waals surface area contributed by atoms with E-state index < -0.39 is 0 Å². The molecule has 1 aromatic rings. The normalized spacial score (nSPS) is 10.9. The number of nitrogens with zero attached hydrogens (tertiary/aromatic N) is 2. The van der Waals surface area contributed by atoms with E-state index in [0.717, 1.165) is 50.7 Å². The van der Waals surface area contributed by atoms with E-state index in [-0.39, 0.29) is 5.92 Å². The lowest BCUT2D eigenvalue weighted by molar-refractivity contribution is 0.147. The van der Waals surface area contributed by atoms with Crippen molar-refractivity contribution in [1.29, 1.82) is 0 Å². The SMILES string of the molecule is CCCCOc1cc(NCCCOCC)nc(C(C)C)n1. The largest absolute Gasteiger partial charge is 0.478 e. The van der Waals surface area contributed by atoms with E-state index >= 15 is 0 Å².